The quantitative estimate of drug-likeness (QED) is 0.362. The van der Waals surface area contributed by atoms with Gasteiger partial charge < -0.3 is 29.0 Å². The minimum atomic E-state index is 0.147. The molecule has 6 nitrogen and oxygen atoms in total. The first-order valence-corrected chi connectivity index (χ1v) is 10.3. The van der Waals surface area contributed by atoms with E-state index >= 15 is 0 Å². The van der Waals surface area contributed by atoms with Crippen molar-refractivity contribution in [2.75, 3.05) is 72.6 Å². The molecule has 0 aromatic carbocycles. The fraction of sp³-hybridized carbons (Fsp3) is 1.00. The summed E-state index contributed by atoms with van der Waals surface area (Å²) < 4.78 is 27.6. The highest BCUT2D eigenvalue weighted by Gasteiger charge is 2.09. The number of hydrogen-bond donors (Lipinski definition) is 1. The van der Waals surface area contributed by atoms with Gasteiger partial charge in [-0.15, -0.1) is 0 Å². The molecule has 164 valence electrons. The van der Waals surface area contributed by atoms with Gasteiger partial charge in [-0.25, -0.2) is 0 Å². The van der Waals surface area contributed by atoms with E-state index in [0.717, 1.165) is 45.8 Å². The van der Waals surface area contributed by atoms with Crippen molar-refractivity contribution < 1.29 is 23.7 Å². The molecule has 0 fully saturated rings. The van der Waals surface area contributed by atoms with E-state index in [1.54, 1.807) is 0 Å². The summed E-state index contributed by atoms with van der Waals surface area (Å²) in [5, 5.41) is 3.38. The molecule has 0 aromatic rings. The van der Waals surface area contributed by atoms with E-state index in [2.05, 4.69) is 46.9 Å². The van der Waals surface area contributed by atoms with Crippen molar-refractivity contribution in [3.63, 3.8) is 0 Å². The van der Waals surface area contributed by atoms with Crippen molar-refractivity contribution in [2.24, 2.45) is 5.41 Å². The van der Waals surface area contributed by atoms with Crippen LogP contribution in [0.25, 0.3) is 0 Å². The van der Waals surface area contributed by atoms with Gasteiger partial charge in [-0.1, -0.05) is 20.8 Å². The first-order chi connectivity index (χ1) is 12.7. The molecule has 27 heavy (non-hydrogen) atoms. The van der Waals surface area contributed by atoms with Gasteiger partial charge >= 0.3 is 0 Å². The van der Waals surface area contributed by atoms with Crippen LogP contribution in [0.1, 0.15) is 54.4 Å². The predicted molar refractivity (Wildman–Crippen MR) is 111 cm³/mol. The zero-order chi connectivity index (χ0) is 20.4. The topological polar surface area (TPSA) is 58.2 Å². The van der Waals surface area contributed by atoms with Crippen LogP contribution in [0.15, 0.2) is 0 Å². The summed E-state index contributed by atoms with van der Waals surface area (Å²) in [5.74, 6) is 0. The molecule has 0 aliphatic heterocycles. The average molecular weight is 392 g/mol. The number of unbranched alkanes of at least 4 members (excludes halogenated alkanes) is 1. The van der Waals surface area contributed by atoms with Gasteiger partial charge in [0, 0.05) is 25.3 Å². The molecule has 0 aliphatic rings. The molecule has 1 N–H and O–H groups in total. The Morgan fingerprint density at radius 2 is 0.926 bits per heavy atom. The Kier molecular flexibility index (Phi) is 16.5. The normalized spacial score (nSPS) is 12.7. The lowest BCUT2D eigenvalue weighted by Crippen LogP contribution is -2.38. The minimum absolute atomic E-state index is 0.147. The van der Waals surface area contributed by atoms with Crippen molar-refractivity contribution in [1.29, 1.82) is 0 Å². The summed E-state index contributed by atoms with van der Waals surface area (Å²) in [4.78, 5) is 0. The van der Waals surface area contributed by atoms with E-state index in [1.165, 1.54) is 0 Å². The molecule has 0 atom stereocenters. The second kappa shape index (κ2) is 16.7. The van der Waals surface area contributed by atoms with Gasteiger partial charge in [0.25, 0.3) is 0 Å². The molecule has 0 radical (unpaired) electrons. The molecule has 0 rings (SSSR count). The van der Waals surface area contributed by atoms with Crippen LogP contribution < -0.4 is 5.32 Å². The maximum absolute atomic E-state index is 5.55. The first kappa shape index (κ1) is 26.8. The Balaban J connectivity index is 3.07. The standard InChI is InChI=1S/C21H45NO5/c1-20(2,3)19-27-18-17-26-16-14-24-11-8-7-10-23-13-15-25-12-9-22-21(4,5)6/h22H,7-19H2,1-6H3. The smallest absolute Gasteiger partial charge is 0.0701 e. The van der Waals surface area contributed by atoms with E-state index in [-0.39, 0.29) is 11.0 Å². The molecule has 0 aliphatic carbocycles. The van der Waals surface area contributed by atoms with Gasteiger partial charge in [-0.3, -0.25) is 0 Å². The largest absolute Gasteiger partial charge is 0.379 e. The van der Waals surface area contributed by atoms with Crippen LogP contribution in [-0.2, 0) is 23.7 Å². The number of rotatable bonds is 18. The Bertz CT molecular complexity index is 283. The molecule has 0 unspecified atom stereocenters. The molecule has 0 heterocycles. The monoisotopic (exact) mass is 391 g/mol. The lowest BCUT2D eigenvalue weighted by atomic mass is 9.99. The van der Waals surface area contributed by atoms with Crippen LogP contribution in [0.2, 0.25) is 0 Å². The molecule has 0 saturated carbocycles. The van der Waals surface area contributed by atoms with Crippen molar-refractivity contribution in [1.82, 2.24) is 5.32 Å². The summed E-state index contributed by atoms with van der Waals surface area (Å²) in [6.45, 7) is 20.6. The summed E-state index contributed by atoms with van der Waals surface area (Å²) in [6, 6.07) is 0. The lowest BCUT2D eigenvalue weighted by Gasteiger charge is -2.20. The maximum atomic E-state index is 5.55. The van der Waals surface area contributed by atoms with Crippen molar-refractivity contribution in [3.8, 4) is 0 Å². The van der Waals surface area contributed by atoms with Crippen LogP contribution in [-0.4, -0.2) is 78.2 Å². The van der Waals surface area contributed by atoms with Gasteiger partial charge in [-0.2, -0.15) is 0 Å². The van der Waals surface area contributed by atoms with Crippen molar-refractivity contribution in [2.45, 2.75) is 59.9 Å². The SMILES string of the molecule is CC(C)(C)COCCOCCOCCCCOCCOCCNC(C)(C)C. The van der Waals surface area contributed by atoms with Crippen molar-refractivity contribution >= 4 is 0 Å². The fourth-order valence-corrected chi connectivity index (χ4v) is 2.05. The molecule has 6 heteroatoms. The van der Waals surface area contributed by atoms with Crippen LogP contribution in [0.4, 0.5) is 0 Å². The summed E-state index contributed by atoms with van der Waals surface area (Å²) in [6.07, 6.45) is 2.01. The highest BCUT2D eigenvalue weighted by Crippen LogP contribution is 2.12. The Labute approximate surface area is 167 Å². The third kappa shape index (κ3) is 25.8. The first-order valence-electron chi connectivity index (χ1n) is 10.3. The number of nitrogens with one attached hydrogen (secondary N) is 1. The zero-order valence-corrected chi connectivity index (χ0v) is 18.7. The highest BCUT2D eigenvalue weighted by molar-refractivity contribution is 4.69. The second-order valence-electron chi connectivity index (χ2n) is 8.95. The van der Waals surface area contributed by atoms with Crippen LogP contribution >= 0.6 is 0 Å². The van der Waals surface area contributed by atoms with Gasteiger partial charge in [0.1, 0.15) is 0 Å². The van der Waals surface area contributed by atoms with E-state index < -0.39 is 0 Å². The molecular formula is C21H45NO5. The number of ether oxygens (including phenoxy) is 5. The third-order valence-electron chi connectivity index (χ3n) is 3.38. The summed E-state index contributed by atoms with van der Waals surface area (Å²) >= 11 is 0. The Morgan fingerprint density at radius 3 is 1.37 bits per heavy atom. The van der Waals surface area contributed by atoms with Crippen molar-refractivity contribution in [3.05, 3.63) is 0 Å². The Morgan fingerprint density at radius 1 is 0.519 bits per heavy atom. The Hall–Kier alpha value is -0.240. The zero-order valence-electron chi connectivity index (χ0n) is 18.7. The highest BCUT2D eigenvalue weighted by atomic mass is 16.5. The minimum Gasteiger partial charge on any atom is -0.379 e. The average Bonchev–Trinajstić information content (AvgIpc) is 2.55. The summed E-state index contributed by atoms with van der Waals surface area (Å²) in [5.41, 5.74) is 0.359. The van der Waals surface area contributed by atoms with E-state index in [4.69, 9.17) is 23.7 Å². The van der Waals surface area contributed by atoms with Gasteiger partial charge in [0.2, 0.25) is 0 Å². The van der Waals surface area contributed by atoms with Crippen LogP contribution in [0, 0.1) is 5.41 Å². The third-order valence-corrected chi connectivity index (χ3v) is 3.38. The molecule has 0 saturated heterocycles. The molecule has 0 aromatic heterocycles. The van der Waals surface area contributed by atoms with E-state index in [1.807, 2.05) is 0 Å². The molecule has 0 amide bonds. The van der Waals surface area contributed by atoms with Crippen LogP contribution in [0.3, 0.4) is 0 Å². The van der Waals surface area contributed by atoms with Gasteiger partial charge in [0.15, 0.2) is 0 Å². The fourth-order valence-electron chi connectivity index (χ4n) is 2.05. The predicted octanol–water partition coefficient (Wildman–Crippen LogP) is 3.28. The lowest BCUT2D eigenvalue weighted by molar-refractivity contribution is -0.00209. The van der Waals surface area contributed by atoms with Crippen LogP contribution in [0.5, 0.6) is 0 Å². The summed E-state index contributed by atoms with van der Waals surface area (Å²) in [7, 11) is 0. The van der Waals surface area contributed by atoms with Gasteiger partial charge in [0.05, 0.1) is 52.9 Å². The molecular weight excluding hydrogens is 346 g/mol. The second-order valence-corrected chi connectivity index (χ2v) is 8.95. The molecule has 0 spiro atoms. The van der Waals surface area contributed by atoms with Gasteiger partial charge in [-0.05, 0) is 39.0 Å². The van der Waals surface area contributed by atoms with E-state index in [9.17, 15) is 0 Å². The maximum Gasteiger partial charge on any atom is 0.0701 e. The van der Waals surface area contributed by atoms with E-state index in [0.29, 0.717) is 39.6 Å². The number of hydrogen-bond acceptors (Lipinski definition) is 6. The molecule has 0 bridgehead atoms.